The van der Waals surface area contributed by atoms with Crippen LogP contribution in [0.4, 0.5) is 5.69 Å². The summed E-state index contributed by atoms with van der Waals surface area (Å²) in [6.07, 6.45) is 2.00. The van der Waals surface area contributed by atoms with Crippen LogP contribution in [-0.4, -0.2) is 38.0 Å². The second-order valence-corrected chi connectivity index (χ2v) is 6.95. The van der Waals surface area contributed by atoms with Crippen molar-refractivity contribution in [1.29, 1.82) is 0 Å². The molecule has 0 bridgehead atoms. The van der Waals surface area contributed by atoms with Crippen molar-refractivity contribution in [2.75, 3.05) is 19.5 Å². The summed E-state index contributed by atoms with van der Waals surface area (Å²) in [5.74, 6) is -0.472. The van der Waals surface area contributed by atoms with Gasteiger partial charge in [-0.2, -0.15) is 0 Å². The Morgan fingerprint density at radius 3 is 2.50 bits per heavy atom. The van der Waals surface area contributed by atoms with E-state index in [1.165, 1.54) is 20.4 Å². The summed E-state index contributed by atoms with van der Waals surface area (Å²) in [6.45, 7) is 0. The highest BCUT2D eigenvalue weighted by atomic mass is 35.5. The van der Waals surface area contributed by atoms with E-state index in [1.54, 1.807) is 42.5 Å². The van der Waals surface area contributed by atoms with Gasteiger partial charge in [0.2, 0.25) is 0 Å². The first-order chi connectivity index (χ1) is 14.4. The third-order valence-electron chi connectivity index (χ3n) is 4.56. The Balaban J connectivity index is 1.68. The molecule has 2 aromatic carbocycles. The van der Waals surface area contributed by atoms with Gasteiger partial charge in [0.25, 0.3) is 11.8 Å². The van der Waals surface area contributed by atoms with E-state index in [2.05, 4.69) is 15.6 Å². The molecule has 2 amide bonds. The second-order valence-electron chi connectivity index (χ2n) is 6.52. The molecule has 154 valence electrons. The van der Waals surface area contributed by atoms with Gasteiger partial charge in [-0.25, -0.2) is 0 Å². The van der Waals surface area contributed by atoms with Crippen molar-refractivity contribution in [3.63, 3.8) is 0 Å². The quantitative estimate of drug-likeness (QED) is 0.666. The highest BCUT2D eigenvalue weighted by molar-refractivity contribution is 6.30. The Hall–Kier alpha value is -3.45. The zero-order valence-corrected chi connectivity index (χ0v) is 17.2. The van der Waals surface area contributed by atoms with Gasteiger partial charge in [0.05, 0.1) is 18.2 Å². The van der Waals surface area contributed by atoms with Gasteiger partial charge in [0, 0.05) is 36.8 Å². The predicted octanol–water partition coefficient (Wildman–Crippen LogP) is 3.19. The third-order valence-corrected chi connectivity index (χ3v) is 4.79. The molecular weight excluding hydrogens is 406 g/mol. The van der Waals surface area contributed by atoms with Gasteiger partial charge in [0.15, 0.2) is 5.78 Å². The molecule has 8 heteroatoms. The fraction of sp³-hybridized carbons (Fsp3) is 0.182. The van der Waals surface area contributed by atoms with Crippen molar-refractivity contribution in [1.82, 2.24) is 5.32 Å². The molecule has 0 spiro atoms. The summed E-state index contributed by atoms with van der Waals surface area (Å²) >= 11 is 5.94. The molecular formula is C22H20ClN3O4. The number of Topliss-reactive ketones (excluding diaryl/α,β-unsaturated/α-hetero) is 1. The van der Waals surface area contributed by atoms with E-state index >= 15 is 0 Å². The minimum atomic E-state index is -0.402. The van der Waals surface area contributed by atoms with E-state index in [1.807, 2.05) is 0 Å². The van der Waals surface area contributed by atoms with E-state index in [0.717, 1.165) is 5.56 Å². The standard InChI is InChI=1S/C22H20ClN3O4/c1-24-22(29)20-17(9-10-25-20)21(28)26-15-6-3-13(4-7-15)11-18(27)16-8-5-14(23)12-19(16)30-2/h3-8,10,12H,9,11H2,1-2H3,(H,24,29)(H,26,28). The smallest absolute Gasteiger partial charge is 0.270 e. The summed E-state index contributed by atoms with van der Waals surface area (Å²) in [6, 6.07) is 11.8. The van der Waals surface area contributed by atoms with Gasteiger partial charge in [-0.05, 0) is 35.9 Å². The van der Waals surface area contributed by atoms with Gasteiger partial charge in [-0.3, -0.25) is 19.4 Å². The first kappa shape index (κ1) is 21.3. The van der Waals surface area contributed by atoms with Crippen molar-refractivity contribution in [2.45, 2.75) is 12.8 Å². The van der Waals surface area contributed by atoms with Gasteiger partial charge in [0.1, 0.15) is 11.4 Å². The maximum Gasteiger partial charge on any atom is 0.270 e. The van der Waals surface area contributed by atoms with Gasteiger partial charge >= 0.3 is 0 Å². The second kappa shape index (κ2) is 9.37. The fourth-order valence-corrected chi connectivity index (χ4v) is 3.17. The number of amides is 2. The molecule has 0 saturated heterocycles. The zero-order valence-electron chi connectivity index (χ0n) is 16.5. The largest absolute Gasteiger partial charge is 0.496 e. The minimum absolute atomic E-state index is 0.108. The van der Waals surface area contributed by atoms with Crippen LogP contribution in [-0.2, 0) is 16.0 Å². The van der Waals surface area contributed by atoms with Crippen molar-refractivity contribution in [3.05, 3.63) is 69.9 Å². The van der Waals surface area contributed by atoms with E-state index in [0.29, 0.717) is 34.0 Å². The SMILES string of the molecule is CNC(=O)C1=C(C(=O)Nc2ccc(CC(=O)c3ccc(Cl)cc3OC)cc2)CC=N1. The number of nitrogens with one attached hydrogen (secondary N) is 2. The van der Waals surface area contributed by atoms with E-state index in [4.69, 9.17) is 16.3 Å². The molecule has 7 nitrogen and oxygen atoms in total. The Kier molecular flexibility index (Phi) is 6.64. The number of carbonyl (C=O) groups is 3. The summed E-state index contributed by atoms with van der Waals surface area (Å²) in [7, 11) is 2.97. The zero-order chi connectivity index (χ0) is 21.7. The Morgan fingerprint density at radius 2 is 1.83 bits per heavy atom. The van der Waals surface area contributed by atoms with E-state index in [9.17, 15) is 14.4 Å². The highest BCUT2D eigenvalue weighted by Crippen LogP contribution is 2.25. The molecule has 3 rings (SSSR count). The number of aliphatic imine (C=N–C) groups is 1. The van der Waals surface area contributed by atoms with Gasteiger partial charge in [-0.1, -0.05) is 23.7 Å². The molecule has 0 saturated carbocycles. The van der Waals surface area contributed by atoms with Gasteiger partial charge < -0.3 is 15.4 Å². The molecule has 1 heterocycles. The van der Waals surface area contributed by atoms with Crippen LogP contribution in [0.3, 0.4) is 0 Å². The molecule has 0 radical (unpaired) electrons. The number of carbonyl (C=O) groups excluding carboxylic acids is 3. The number of halogens is 1. The van der Waals surface area contributed by atoms with Crippen LogP contribution in [0.25, 0.3) is 0 Å². The monoisotopic (exact) mass is 425 g/mol. The lowest BCUT2D eigenvalue weighted by molar-refractivity contribution is -0.118. The predicted molar refractivity (Wildman–Crippen MR) is 115 cm³/mol. The number of likely N-dealkylation sites (N-methyl/N-ethyl adjacent to an activating group) is 1. The molecule has 1 aliphatic rings. The number of hydrogen-bond donors (Lipinski definition) is 2. The van der Waals surface area contributed by atoms with Crippen LogP contribution in [0.5, 0.6) is 5.75 Å². The average Bonchev–Trinajstić information content (AvgIpc) is 3.24. The first-order valence-corrected chi connectivity index (χ1v) is 9.55. The van der Waals surface area contributed by atoms with Crippen molar-refractivity contribution in [2.24, 2.45) is 4.99 Å². The number of nitrogens with zero attached hydrogens (tertiary/aromatic N) is 1. The lowest BCUT2D eigenvalue weighted by atomic mass is 10.0. The Labute approximate surface area is 178 Å². The average molecular weight is 426 g/mol. The van der Waals surface area contributed by atoms with Crippen molar-refractivity contribution < 1.29 is 19.1 Å². The van der Waals surface area contributed by atoms with Crippen molar-refractivity contribution in [3.8, 4) is 5.75 Å². The molecule has 0 fully saturated rings. The van der Waals surface area contributed by atoms with E-state index < -0.39 is 5.91 Å². The van der Waals surface area contributed by atoms with Crippen LogP contribution < -0.4 is 15.4 Å². The normalized spacial score (nSPS) is 12.6. The summed E-state index contributed by atoms with van der Waals surface area (Å²) < 4.78 is 5.23. The first-order valence-electron chi connectivity index (χ1n) is 9.17. The number of benzene rings is 2. The van der Waals surface area contributed by atoms with Crippen molar-refractivity contribution >= 4 is 41.1 Å². The van der Waals surface area contributed by atoms with Gasteiger partial charge in [-0.15, -0.1) is 0 Å². The maximum absolute atomic E-state index is 12.6. The molecule has 0 atom stereocenters. The topological polar surface area (TPSA) is 96.9 Å². The van der Waals surface area contributed by atoms with Crippen LogP contribution in [0.2, 0.25) is 5.02 Å². The fourth-order valence-electron chi connectivity index (χ4n) is 3.01. The lowest BCUT2D eigenvalue weighted by Gasteiger charge is -2.10. The molecule has 2 aromatic rings. The molecule has 2 N–H and O–H groups in total. The number of methoxy groups -OCH3 is 1. The molecule has 30 heavy (non-hydrogen) atoms. The van der Waals surface area contributed by atoms with Crippen LogP contribution in [0.15, 0.2) is 58.7 Å². The number of rotatable bonds is 7. The van der Waals surface area contributed by atoms with Crippen LogP contribution >= 0.6 is 11.6 Å². The third kappa shape index (κ3) is 4.75. The Bertz CT molecular complexity index is 1060. The summed E-state index contributed by atoms with van der Waals surface area (Å²) in [4.78, 5) is 40.9. The Morgan fingerprint density at radius 1 is 1.10 bits per heavy atom. The number of hydrogen-bond acceptors (Lipinski definition) is 5. The molecule has 0 aromatic heterocycles. The lowest BCUT2D eigenvalue weighted by Crippen LogP contribution is -2.23. The maximum atomic E-state index is 12.6. The number of ketones is 1. The summed E-state index contributed by atoms with van der Waals surface area (Å²) in [5.41, 5.74) is 2.21. The minimum Gasteiger partial charge on any atom is -0.496 e. The number of anilines is 1. The van der Waals surface area contributed by atoms with Crippen LogP contribution in [0, 0.1) is 0 Å². The molecule has 0 aliphatic carbocycles. The van der Waals surface area contributed by atoms with Crippen LogP contribution in [0.1, 0.15) is 22.3 Å². The van der Waals surface area contributed by atoms with E-state index in [-0.39, 0.29) is 23.8 Å². The number of ether oxygens (including phenoxy) is 1. The molecule has 1 aliphatic heterocycles. The molecule has 0 unspecified atom stereocenters. The highest BCUT2D eigenvalue weighted by Gasteiger charge is 2.23. The summed E-state index contributed by atoms with van der Waals surface area (Å²) in [5, 5.41) is 5.71.